The van der Waals surface area contributed by atoms with Crippen molar-refractivity contribution in [1.29, 1.82) is 0 Å². The van der Waals surface area contributed by atoms with Crippen molar-refractivity contribution in [2.24, 2.45) is 0 Å². The van der Waals surface area contributed by atoms with Crippen LogP contribution in [0.15, 0.2) is 21.8 Å². The molecule has 0 fully saturated rings. The first-order valence-corrected chi connectivity index (χ1v) is 6.17. The van der Waals surface area contributed by atoms with Crippen LogP contribution in [-0.2, 0) is 9.05 Å². The summed E-state index contributed by atoms with van der Waals surface area (Å²) in [4.78, 5) is 13.1. The number of halogens is 2. The molecular weight excluding hydrogens is 299 g/mol. The van der Waals surface area contributed by atoms with Gasteiger partial charge >= 0.3 is 0 Å². The summed E-state index contributed by atoms with van der Waals surface area (Å²) in [5.41, 5.74) is -0.397. The number of nitro groups is 1. The molecule has 0 aliphatic carbocycles. The lowest BCUT2D eigenvalue weighted by molar-refractivity contribution is -0.385. The molecule has 1 aromatic rings. The predicted octanol–water partition coefficient (Wildman–Crippen LogP) is 1.68. The monoisotopic (exact) mass is 300 g/mol. The Morgan fingerprint density at radius 2 is 2.07 bits per heavy atom. The molecule has 0 aromatic carbocycles. The van der Waals surface area contributed by atoms with Gasteiger partial charge in [-0.1, -0.05) is 0 Å². The van der Waals surface area contributed by atoms with E-state index in [0.29, 0.717) is 0 Å². The summed E-state index contributed by atoms with van der Waals surface area (Å²) >= 11 is 2.84. The van der Waals surface area contributed by atoms with E-state index in [0.717, 1.165) is 12.1 Å². The third-order valence-electron chi connectivity index (χ3n) is 1.22. The average Bonchev–Trinajstić information content (AvgIpc) is 2.01. The molecule has 0 unspecified atom stereocenters. The van der Waals surface area contributed by atoms with Crippen molar-refractivity contribution in [2.75, 3.05) is 0 Å². The highest BCUT2D eigenvalue weighted by Crippen LogP contribution is 2.22. The van der Waals surface area contributed by atoms with Crippen LogP contribution in [-0.4, -0.2) is 18.3 Å². The van der Waals surface area contributed by atoms with Crippen molar-refractivity contribution >= 4 is 41.4 Å². The summed E-state index contributed by atoms with van der Waals surface area (Å²) in [5.74, 6) is 0. The van der Waals surface area contributed by atoms with Gasteiger partial charge in [0.25, 0.3) is 14.7 Å². The molecule has 1 aromatic heterocycles. The number of aromatic nitrogens is 1. The van der Waals surface area contributed by atoms with E-state index in [2.05, 4.69) is 20.9 Å². The quantitative estimate of drug-likeness (QED) is 0.359. The maximum Gasteiger partial charge on any atom is 0.278 e. The van der Waals surface area contributed by atoms with E-state index in [1.165, 1.54) is 0 Å². The molecule has 0 bridgehead atoms. The Balaban J connectivity index is 3.43. The highest BCUT2D eigenvalue weighted by molar-refractivity contribution is 9.10. The first-order chi connectivity index (χ1) is 6.30. The Morgan fingerprint density at radius 1 is 1.50 bits per heavy atom. The molecule has 76 valence electrons. The third-order valence-corrected chi connectivity index (χ3v) is 2.81. The van der Waals surface area contributed by atoms with E-state index in [9.17, 15) is 18.5 Å². The summed E-state index contributed by atoms with van der Waals surface area (Å²) in [6.07, 6.45) is 0. The molecule has 9 heteroatoms. The van der Waals surface area contributed by atoms with Crippen LogP contribution < -0.4 is 0 Å². The maximum absolute atomic E-state index is 10.8. The van der Waals surface area contributed by atoms with Gasteiger partial charge in [-0.25, -0.2) is 13.4 Å². The molecule has 0 aliphatic heterocycles. The number of hydrogen-bond donors (Lipinski definition) is 0. The van der Waals surface area contributed by atoms with Gasteiger partial charge in [-0.15, -0.1) is 0 Å². The number of rotatable bonds is 2. The zero-order chi connectivity index (χ0) is 10.9. The first kappa shape index (κ1) is 11.3. The van der Waals surface area contributed by atoms with Gasteiger partial charge in [0.2, 0.25) is 0 Å². The smallest absolute Gasteiger partial charge is 0.258 e. The van der Waals surface area contributed by atoms with Crippen LogP contribution in [0.4, 0.5) is 5.69 Å². The average molecular weight is 302 g/mol. The topological polar surface area (TPSA) is 90.2 Å². The highest BCUT2D eigenvalue weighted by atomic mass is 79.9. The normalized spacial score (nSPS) is 11.3. The van der Waals surface area contributed by atoms with Crippen LogP contribution in [0.5, 0.6) is 0 Å². The number of hydrogen-bond acceptors (Lipinski definition) is 5. The Kier molecular flexibility index (Phi) is 3.07. The van der Waals surface area contributed by atoms with Crippen LogP contribution in [0.2, 0.25) is 0 Å². The molecule has 0 atom stereocenters. The molecule has 0 saturated carbocycles. The number of pyridine rings is 1. The molecule has 0 amide bonds. The lowest BCUT2D eigenvalue weighted by Gasteiger charge is -1.96. The fraction of sp³-hybridized carbons (Fsp3) is 0. The van der Waals surface area contributed by atoms with Crippen LogP contribution in [0.25, 0.3) is 0 Å². The van der Waals surface area contributed by atoms with Gasteiger partial charge < -0.3 is 0 Å². The van der Waals surface area contributed by atoms with Crippen LogP contribution in [0.3, 0.4) is 0 Å². The first-order valence-electron chi connectivity index (χ1n) is 3.07. The third kappa shape index (κ3) is 2.63. The van der Waals surface area contributed by atoms with E-state index in [1.54, 1.807) is 0 Å². The Labute approximate surface area is 91.6 Å². The van der Waals surface area contributed by atoms with Gasteiger partial charge in [0.05, 0.1) is 11.0 Å². The Morgan fingerprint density at radius 3 is 2.50 bits per heavy atom. The van der Waals surface area contributed by atoms with Crippen molar-refractivity contribution in [3.05, 3.63) is 26.9 Å². The molecule has 14 heavy (non-hydrogen) atoms. The molecule has 0 spiro atoms. The maximum atomic E-state index is 10.8. The van der Waals surface area contributed by atoms with Gasteiger partial charge in [0, 0.05) is 16.7 Å². The van der Waals surface area contributed by atoms with Gasteiger partial charge in [0.1, 0.15) is 4.60 Å². The zero-order valence-corrected chi connectivity index (χ0v) is 9.50. The lowest BCUT2D eigenvalue weighted by Crippen LogP contribution is -1.98. The SMILES string of the molecule is O=[N+]([O-])c1cc(Br)nc(S(=O)(=O)Cl)c1. The van der Waals surface area contributed by atoms with Crippen molar-refractivity contribution in [1.82, 2.24) is 4.98 Å². The second kappa shape index (κ2) is 3.79. The summed E-state index contributed by atoms with van der Waals surface area (Å²) in [6, 6.07) is 1.86. The summed E-state index contributed by atoms with van der Waals surface area (Å²) in [6.45, 7) is 0. The van der Waals surface area contributed by atoms with E-state index >= 15 is 0 Å². The summed E-state index contributed by atoms with van der Waals surface area (Å²) in [5, 5.41) is 9.80. The standard InChI is InChI=1S/C5H2BrClN2O4S/c6-4-1-3(9(10)11)2-5(8-4)14(7,12)13/h1-2H. The summed E-state index contributed by atoms with van der Waals surface area (Å²) < 4.78 is 21.7. The molecule has 0 radical (unpaired) electrons. The van der Waals surface area contributed by atoms with Gasteiger partial charge in [-0.05, 0) is 15.9 Å². The van der Waals surface area contributed by atoms with E-state index in [4.69, 9.17) is 10.7 Å². The van der Waals surface area contributed by atoms with Crippen molar-refractivity contribution in [2.45, 2.75) is 5.03 Å². The molecular formula is C5H2BrClN2O4S. The van der Waals surface area contributed by atoms with Gasteiger partial charge in [-0.2, -0.15) is 0 Å². The predicted molar refractivity (Wildman–Crippen MR) is 51.6 cm³/mol. The number of nitrogens with zero attached hydrogens (tertiary/aromatic N) is 2. The highest BCUT2D eigenvalue weighted by Gasteiger charge is 2.18. The molecule has 1 heterocycles. The fourth-order valence-electron chi connectivity index (χ4n) is 0.690. The Bertz CT molecular complexity index is 489. The van der Waals surface area contributed by atoms with Crippen molar-refractivity contribution < 1.29 is 13.3 Å². The van der Waals surface area contributed by atoms with Crippen LogP contribution in [0.1, 0.15) is 0 Å². The van der Waals surface area contributed by atoms with Crippen molar-refractivity contribution in [3.8, 4) is 0 Å². The van der Waals surface area contributed by atoms with Crippen molar-refractivity contribution in [3.63, 3.8) is 0 Å². The fourth-order valence-corrected chi connectivity index (χ4v) is 1.94. The minimum Gasteiger partial charge on any atom is -0.258 e. The van der Waals surface area contributed by atoms with Gasteiger partial charge in [-0.3, -0.25) is 10.1 Å². The van der Waals surface area contributed by atoms with E-state index < -0.39 is 24.7 Å². The second-order valence-corrected chi connectivity index (χ2v) is 5.51. The van der Waals surface area contributed by atoms with Gasteiger partial charge in [0.15, 0.2) is 5.03 Å². The van der Waals surface area contributed by atoms with E-state index in [-0.39, 0.29) is 4.60 Å². The molecule has 0 saturated heterocycles. The minimum atomic E-state index is -4.05. The molecule has 1 rings (SSSR count). The van der Waals surface area contributed by atoms with Crippen LogP contribution >= 0.6 is 26.6 Å². The zero-order valence-electron chi connectivity index (χ0n) is 6.35. The summed E-state index contributed by atoms with van der Waals surface area (Å²) in [7, 11) is 0.919. The lowest BCUT2D eigenvalue weighted by atomic mass is 10.4. The molecule has 0 N–H and O–H groups in total. The molecule has 0 aliphatic rings. The van der Waals surface area contributed by atoms with Crippen LogP contribution in [0, 0.1) is 10.1 Å². The largest absolute Gasteiger partial charge is 0.278 e. The second-order valence-electron chi connectivity index (χ2n) is 2.18. The minimum absolute atomic E-state index is 0.0333. The molecule has 6 nitrogen and oxygen atoms in total. The Hall–Kier alpha value is -0.730. The van der Waals surface area contributed by atoms with E-state index in [1.807, 2.05) is 0 Å².